The molecule has 1 fully saturated rings. The highest BCUT2D eigenvalue weighted by atomic mass is 35.5. The van der Waals surface area contributed by atoms with Crippen molar-refractivity contribution in [1.82, 2.24) is 5.32 Å². The molecule has 166 valence electrons. The number of aliphatic imine (C=N–C) groups is 1. The zero-order valence-electron chi connectivity index (χ0n) is 17.7. The number of nitrogens with one attached hydrogen (secondary N) is 2. The van der Waals surface area contributed by atoms with Crippen LogP contribution in [0.5, 0.6) is 17.2 Å². The Morgan fingerprint density at radius 3 is 2.52 bits per heavy atom. The number of anilines is 1. The van der Waals surface area contributed by atoms with Crippen LogP contribution < -0.4 is 24.8 Å². The van der Waals surface area contributed by atoms with E-state index in [9.17, 15) is 4.79 Å². The second kappa shape index (κ2) is 10.9. The molecule has 9 heteroatoms. The molecule has 1 aliphatic heterocycles. The van der Waals surface area contributed by atoms with Crippen LogP contribution in [0.4, 0.5) is 5.69 Å². The summed E-state index contributed by atoms with van der Waals surface area (Å²) in [6.45, 7) is 1.14. The van der Waals surface area contributed by atoms with Gasteiger partial charge in [-0.05, 0) is 49.2 Å². The Bertz CT molecular complexity index is 945. The van der Waals surface area contributed by atoms with Gasteiger partial charge in [-0.25, -0.2) is 4.99 Å². The Morgan fingerprint density at radius 2 is 1.84 bits per heavy atom. The molecule has 1 unspecified atom stereocenters. The minimum Gasteiger partial charge on any atom is -0.495 e. The third-order valence-corrected chi connectivity index (χ3v) is 5.00. The fourth-order valence-corrected chi connectivity index (χ4v) is 3.33. The highest BCUT2D eigenvalue weighted by Gasteiger charge is 2.18. The van der Waals surface area contributed by atoms with Crippen LogP contribution in [0, 0.1) is 0 Å². The number of halogens is 1. The zero-order valence-corrected chi connectivity index (χ0v) is 18.5. The fourth-order valence-electron chi connectivity index (χ4n) is 3.15. The summed E-state index contributed by atoms with van der Waals surface area (Å²) in [6.07, 6.45) is 1.96. The van der Waals surface area contributed by atoms with E-state index in [2.05, 4.69) is 15.6 Å². The quantitative estimate of drug-likeness (QED) is 0.496. The highest BCUT2D eigenvalue weighted by Crippen LogP contribution is 2.29. The fraction of sp³-hybridized carbons (Fsp3) is 0.364. The van der Waals surface area contributed by atoms with Crippen LogP contribution in [0.2, 0.25) is 5.02 Å². The van der Waals surface area contributed by atoms with E-state index in [-0.39, 0.29) is 18.0 Å². The number of ether oxygens (including phenoxy) is 4. The number of hydrogen-bond acceptors (Lipinski definition) is 6. The SMILES string of the molecule is COc1ccc(Cl)cc1NC(=NCC1CCCO1)NC(=O)c1ccc(OC)c(OC)c1. The van der Waals surface area contributed by atoms with Gasteiger partial charge in [-0.15, -0.1) is 0 Å². The largest absolute Gasteiger partial charge is 0.495 e. The Labute approximate surface area is 186 Å². The van der Waals surface area contributed by atoms with Gasteiger partial charge in [0.15, 0.2) is 11.5 Å². The molecule has 1 aliphatic rings. The molecule has 0 aliphatic carbocycles. The van der Waals surface area contributed by atoms with E-state index in [4.69, 9.17) is 30.5 Å². The van der Waals surface area contributed by atoms with E-state index in [0.29, 0.717) is 40.1 Å². The summed E-state index contributed by atoms with van der Waals surface area (Å²) in [5.41, 5.74) is 0.969. The third kappa shape index (κ3) is 6.02. The maximum atomic E-state index is 12.9. The van der Waals surface area contributed by atoms with Gasteiger partial charge in [0.05, 0.1) is 39.7 Å². The van der Waals surface area contributed by atoms with E-state index in [1.165, 1.54) is 14.2 Å². The smallest absolute Gasteiger partial charge is 0.258 e. The Kier molecular flexibility index (Phi) is 7.97. The van der Waals surface area contributed by atoms with Crippen LogP contribution in [0.15, 0.2) is 41.4 Å². The number of carbonyl (C=O) groups is 1. The van der Waals surface area contributed by atoms with Crippen LogP contribution in [0.25, 0.3) is 0 Å². The molecule has 2 N–H and O–H groups in total. The molecule has 0 radical (unpaired) electrons. The van der Waals surface area contributed by atoms with Gasteiger partial charge < -0.3 is 24.3 Å². The van der Waals surface area contributed by atoms with Crippen molar-refractivity contribution in [2.45, 2.75) is 18.9 Å². The lowest BCUT2D eigenvalue weighted by molar-refractivity contribution is 0.0975. The van der Waals surface area contributed by atoms with E-state index in [1.807, 2.05) is 0 Å². The van der Waals surface area contributed by atoms with Crippen molar-refractivity contribution in [1.29, 1.82) is 0 Å². The average molecular weight is 448 g/mol. The van der Waals surface area contributed by atoms with Gasteiger partial charge >= 0.3 is 0 Å². The summed E-state index contributed by atoms with van der Waals surface area (Å²) < 4.78 is 21.5. The van der Waals surface area contributed by atoms with Crippen molar-refractivity contribution in [2.24, 2.45) is 4.99 Å². The summed E-state index contributed by atoms with van der Waals surface area (Å²) in [5, 5.41) is 6.45. The molecule has 8 nitrogen and oxygen atoms in total. The van der Waals surface area contributed by atoms with E-state index < -0.39 is 0 Å². The van der Waals surface area contributed by atoms with Gasteiger partial charge in [0.2, 0.25) is 5.96 Å². The van der Waals surface area contributed by atoms with Crippen LogP contribution >= 0.6 is 11.6 Å². The van der Waals surface area contributed by atoms with E-state index in [0.717, 1.165) is 19.4 Å². The molecule has 2 aromatic carbocycles. The minimum absolute atomic E-state index is 0.0241. The second-order valence-corrected chi connectivity index (χ2v) is 7.25. The number of rotatable bonds is 7. The Balaban J connectivity index is 1.83. The molecule has 31 heavy (non-hydrogen) atoms. The predicted octanol–water partition coefficient (Wildman–Crippen LogP) is 3.74. The standard InChI is InChI=1S/C22H26ClN3O5/c1-28-18-9-7-15(23)12-17(18)25-22(24-13-16-5-4-10-31-16)26-21(27)14-6-8-19(29-2)20(11-14)30-3/h6-9,11-12,16H,4-5,10,13H2,1-3H3,(H2,24,25,26,27). The van der Waals surface area contributed by atoms with E-state index in [1.54, 1.807) is 43.5 Å². The van der Waals surface area contributed by atoms with Crippen molar-refractivity contribution in [3.8, 4) is 17.2 Å². The number of carbonyl (C=O) groups excluding carboxylic acids is 1. The number of benzene rings is 2. The minimum atomic E-state index is -0.361. The van der Waals surface area contributed by atoms with Crippen molar-refractivity contribution in [3.05, 3.63) is 47.0 Å². The Morgan fingerprint density at radius 1 is 1.10 bits per heavy atom. The Hall–Kier alpha value is -2.97. The van der Waals surface area contributed by atoms with Crippen LogP contribution in [-0.4, -0.2) is 52.5 Å². The normalized spacial score (nSPS) is 16.0. The third-order valence-electron chi connectivity index (χ3n) is 4.77. The van der Waals surface area contributed by atoms with Gasteiger partial charge in [-0.1, -0.05) is 11.6 Å². The second-order valence-electron chi connectivity index (χ2n) is 6.82. The molecule has 1 heterocycles. The van der Waals surface area contributed by atoms with Gasteiger partial charge in [0, 0.05) is 17.2 Å². The lowest BCUT2D eigenvalue weighted by Gasteiger charge is -2.16. The topological polar surface area (TPSA) is 90.4 Å². The molecule has 0 spiro atoms. The van der Waals surface area contributed by atoms with Gasteiger partial charge in [-0.3, -0.25) is 10.1 Å². The van der Waals surface area contributed by atoms with Gasteiger partial charge in [0.25, 0.3) is 5.91 Å². The maximum Gasteiger partial charge on any atom is 0.258 e. The molecular formula is C22H26ClN3O5. The van der Waals surface area contributed by atoms with Crippen LogP contribution in [-0.2, 0) is 4.74 Å². The molecule has 0 saturated carbocycles. The highest BCUT2D eigenvalue weighted by molar-refractivity contribution is 6.31. The summed E-state index contributed by atoms with van der Waals surface area (Å²) >= 11 is 6.13. The molecule has 1 saturated heterocycles. The average Bonchev–Trinajstić information content (AvgIpc) is 3.30. The lowest BCUT2D eigenvalue weighted by atomic mass is 10.2. The number of methoxy groups -OCH3 is 3. The van der Waals surface area contributed by atoms with Crippen molar-refractivity contribution in [2.75, 3.05) is 39.8 Å². The van der Waals surface area contributed by atoms with Crippen molar-refractivity contribution >= 4 is 29.2 Å². The first-order valence-electron chi connectivity index (χ1n) is 9.84. The lowest BCUT2D eigenvalue weighted by Crippen LogP contribution is -2.37. The molecule has 2 aromatic rings. The summed E-state index contributed by atoms with van der Waals surface area (Å²) in [4.78, 5) is 17.5. The van der Waals surface area contributed by atoms with Gasteiger partial charge in [-0.2, -0.15) is 0 Å². The predicted molar refractivity (Wildman–Crippen MR) is 120 cm³/mol. The summed E-state index contributed by atoms with van der Waals surface area (Å²) in [6, 6.07) is 10.1. The maximum absolute atomic E-state index is 12.9. The van der Waals surface area contributed by atoms with Gasteiger partial charge in [0.1, 0.15) is 5.75 Å². The van der Waals surface area contributed by atoms with Crippen LogP contribution in [0.1, 0.15) is 23.2 Å². The van der Waals surface area contributed by atoms with E-state index >= 15 is 0 Å². The number of guanidine groups is 1. The number of hydrogen-bond donors (Lipinski definition) is 2. The molecule has 3 rings (SSSR count). The number of amides is 1. The summed E-state index contributed by atoms with van der Waals surface area (Å²) in [5.74, 6) is 1.46. The molecule has 1 amide bonds. The van der Waals surface area contributed by atoms with Crippen molar-refractivity contribution in [3.63, 3.8) is 0 Å². The zero-order chi connectivity index (χ0) is 22.2. The summed E-state index contributed by atoms with van der Waals surface area (Å²) in [7, 11) is 4.61. The first-order valence-corrected chi connectivity index (χ1v) is 10.2. The first-order chi connectivity index (χ1) is 15.0. The molecular weight excluding hydrogens is 422 g/mol. The molecule has 0 bridgehead atoms. The number of nitrogens with zero attached hydrogens (tertiary/aromatic N) is 1. The molecule has 0 aromatic heterocycles. The molecule has 1 atom stereocenters. The van der Waals surface area contributed by atoms with Crippen molar-refractivity contribution < 1.29 is 23.7 Å². The monoisotopic (exact) mass is 447 g/mol. The van der Waals surface area contributed by atoms with Crippen LogP contribution in [0.3, 0.4) is 0 Å². The first kappa shape index (κ1) is 22.7.